The number of hydrogen-bond donors (Lipinski definition) is 0. The fourth-order valence-corrected chi connectivity index (χ4v) is 1.61. The van der Waals surface area contributed by atoms with Crippen LogP contribution in [0, 0.1) is 11.8 Å². The summed E-state index contributed by atoms with van der Waals surface area (Å²) >= 11 is 0. The molecular formula is C20H34N4O4. The Hall–Kier alpha value is -2.48. The predicted molar refractivity (Wildman–Crippen MR) is 109 cm³/mol. The van der Waals surface area contributed by atoms with Crippen molar-refractivity contribution in [2.24, 2.45) is 31.8 Å². The first-order valence-corrected chi connectivity index (χ1v) is 9.68. The van der Waals surface area contributed by atoms with E-state index in [1.807, 2.05) is 6.92 Å². The molecule has 0 rings (SSSR count). The van der Waals surface area contributed by atoms with E-state index in [1.54, 1.807) is 0 Å². The van der Waals surface area contributed by atoms with Gasteiger partial charge in [-0.05, 0) is 37.5 Å². The summed E-state index contributed by atoms with van der Waals surface area (Å²) in [6.07, 6.45) is 11.8. The molecule has 158 valence electrons. The molecule has 0 aromatic carbocycles. The van der Waals surface area contributed by atoms with Gasteiger partial charge >= 0.3 is 0 Å². The average Bonchev–Trinajstić information content (AvgIpc) is 2.72. The Balaban J connectivity index is -0.000000354. The molecule has 0 aliphatic heterocycles. The third-order valence-corrected chi connectivity index (χ3v) is 3.81. The van der Waals surface area contributed by atoms with Gasteiger partial charge in [-0.25, -0.2) is 39.1 Å². The first kappa shape index (κ1) is 30.3. The molecule has 0 saturated carbocycles. The molecule has 0 N–H and O–H groups in total. The number of nitrogens with zero attached hydrogens (tertiary/aromatic N) is 4. The maximum Gasteiger partial charge on any atom is 0.234 e. The van der Waals surface area contributed by atoms with Gasteiger partial charge in [-0.3, -0.25) is 0 Å². The lowest BCUT2D eigenvalue weighted by Crippen LogP contribution is -1.99. The van der Waals surface area contributed by atoms with Crippen LogP contribution < -0.4 is 0 Å². The van der Waals surface area contributed by atoms with Gasteiger partial charge in [0.25, 0.3) is 0 Å². The number of aliphatic imine (C=N–C) groups is 4. The van der Waals surface area contributed by atoms with E-state index in [1.165, 1.54) is 37.2 Å². The van der Waals surface area contributed by atoms with Crippen LogP contribution in [0.3, 0.4) is 0 Å². The zero-order valence-electron chi connectivity index (χ0n) is 17.6. The van der Waals surface area contributed by atoms with E-state index in [9.17, 15) is 19.2 Å². The van der Waals surface area contributed by atoms with Crippen molar-refractivity contribution in [3.63, 3.8) is 0 Å². The van der Waals surface area contributed by atoms with Crippen molar-refractivity contribution >= 4 is 24.3 Å². The topological polar surface area (TPSA) is 118 Å². The van der Waals surface area contributed by atoms with E-state index in [0.29, 0.717) is 32.1 Å². The van der Waals surface area contributed by atoms with Gasteiger partial charge in [-0.15, -0.1) is 0 Å². The van der Waals surface area contributed by atoms with Crippen LogP contribution in [0.25, 0.3) is 0 Å². The lowest BCUT2D eigenvalue weighted by molar-refractivity contribution is 0.516. The Morgan fingerprint density at radius 2 is 1.00 bits per heavy atom. The first-order chi connectivity index (χ1) is 13.5. The second kappa shape index (κ2) is 29.3. The summed E-state index contributed by atoms with van der Waals surface area (Å²) < 4.78 is 0. The summed E-state index contributed by atoms with van der Waals surface area (Å²) in [5.41, 5.74) is 0. The predicted octanol–water partition coefficient (Wildman–Crippen LogP) is 3.96. The summed E-state index contributed by atoms with van der Waals surface area (Å²) in [5, 5.41) is 0. The smallest absolute Gasteiger partial charge is 0.211 e. The average molecular weight is 395 g/mol. The zero-order chi connectivity index (χ0) is 21.9. The van der Waals surface area contributed by atoms with E-state index in [4.69, 9.17) is 0 Å². The molecule has 0 spiro atoms. The molecule has 8 nitrogen and oxygen atoms in total. The summed E-state index contributed by atoms with van der Waals surface area (Å²) in [6, 6.07) is 0. The normalized spacial score (nSPS) is 9.61. The van der Waals surface area contributed by atoms with Crippen LogP contribution >= 0.6 is 0 Å². The lowest BCUT2D eigenvalue weighted by atomic mass is 10.1. The molecule has 0 aromatic rings. The number of hydrogen-bond acceptors (Lipinski definition) is 8. The van der Waals surface area contributed by atoms with Crippen molar-refractivity contribution in [3.8, 4) is 0 Å². The summed E-state index contributed by atoms with van der Waals surface area (Å²) in [7, 11) is 0. The van der Waals surface area contributed by atoms with Crippen LogP contribution in [-0.2, 0) is 19.2 Å². The van der Waals surface area contributed by atoms with Crippen molar-refractivity contribution in [2.75, 3.05) is 26.2 Å². The second-order valence-corrected chi connectivity index (χ2v) is 6.23. The molecule has 28 heavy (non-hydrogen) atoms. The Morgan fingerprint density at radius 3 is 1.32 bits per heavy atom. The van der Waals surface area contributed by atoms with Gasteiger partial charge in [0.1, 0.15) is 0 Å². The van der Waals surface area contributed by atoms with Gasteiger partial charge in [0, 0.05) is 0 Å². The zero-order valence-corrected chi connectivity index (χ0v) is 17.6. The second-order valence-electron chi connectivity index (χ2n) is 6.23. The molecule has 8 heteroatoms. The highest BCUT2D eigenvalue weighted by Crippen LogP contribution is 2.05. The molecule has 1 atom stereocenters. The van der Waals surface area contributed by atoms with Crippen molar-refractivity contribution in [3.05, 3.63) is 0 Å². The largest absolute Gasteiger partial charge is 0.234 e. The van der Waals surface area contributed by atoms with Crippen LogP contribution in [0.15, 0.2) is 20.0 Å². The van der Waals surface area contributed by atoms with Crippen molar-refractivity contribution < 1.29 is 19.2 Å². The number of unbranched alkanes of at least 4 members (excludes halogenated alkanes) is 1. The molecule has 0 fully saturated rings. The van der Waals surface area contributed by atoms with Gasteiger partial charge in [-0.2, -0.15) is 0 Å². The van der Waals surface area contributed by atoms with Gasteiger partial charge in [0.05, 0.1) is 26.2 Å². The summed E-state index contributed by atoms with van der Waals surface area (Å²) in [6.45, 7) is 10.7. The molecule has 0 radical (unpaired) electrons. The highest BCUT2D eigenvalue weighted by molar-refractivity contribution is 5.33. The minimum absolute atomic E-state index is 0.355. The van der Waals surface area contributed by atoms with E-state index >= 15 is 0 Å². The van der Waals surface area contributed by atoms with Crippen LogP contribution in [-0.4, -0.2) is 50.5 Å². The molecule has 0 aromatic heterocycles. The maximum atomic E-state index is 9.72. The first-order valence-electron chi connectivity index (χ1n) is 9.68. The maximum absolute atomic E-state index is 9.72. The van der Waals surface area contributed by atoms with Gasteiger partial charge in [0.15, 0.2) is 0 Å². The fraction of sp³-hybridized carbons (Fsp3) is 0.800. The molecule has 0 heterocycles. The van der Waals surface area contributed by atoms with Crippen molar-refractivity contribution in [2.45, 2.75) is 66.2 Å². The third-order valence-electron chi connectivity index (χ3n) is 3.81. The Morgan fingerprint density at radius 1 is 0.607 bits per heavy atom. The monoisotopic (exact) mass is 394 g/mol. The molecule has 0 saturated heterocycles. The van der Waals surface area contributed by atoms with E-state index in [0.717, 1.165) is 31.6 Å². The SMILES string of the molecule is CC(CCCN=C=O)CN=C=O.CCC(C)CC.O=C=NCCCCN=C=O. The van der Waals surface area contributed by atoms with Crippen LogP contribution in [0.5, 0.6) is 0 Å². The standard InChI is InChI=1S/C8H12N2O2.C6H8N2O2.C6H14/c1-8(5-10-7-12)3-2-4-9-6-11;9-5-7-3-1-2-4-8-6-10;1-4-6(3)5-2/h8H,2-5H2,1H3;1-4H2;6H,4-5H2,1-3H3. The molecule has 0 amide bonds. The highest BCUT2D eigenvalue weighted by atomic mass is 16.1. The van der Waals surface area contributed by atoms with Gasteiger partial charge in [0.2, 0.25) is 24.3 Å². The lowest BCUT2D eigenvalue weighted by Gasteiger charge is -2.03. The molecule has 0 aliphatic carbocycles. The number of carbonyl (C=O) groups excluding carboxylic acids is 4. The summed E-state index contributed by atoms with van der Waals surface area (Å²) in [5.74, 6) is 1.29. The summed E-state index contributed by atoms with van der Waals surface area (Å²) in [4.78, 5) is 51.9. The Kier molecular flexibility index (Phi) is 31.6. The quantitative estimate of drug-likeness (QED) is 0.267. The Bertz CT molecular complexity index is 504. The van der Waals surface area contributed by atoms with E-state index < -0.39 is 0 Å². The number of isocyanates is 4. The van der Waals surface area contributed by atoms with E-state index in [-0.39, 0.29) is 0 Å². The third kappa shape index (κ3) is 34.8. The molecule has 1 unspecified atom stereocenters. The van der Waals surface area contributed by atoms with Crippen molar-refractivity contribution in [1.29, 1.82) is 0 Å². The van der Waals surface area contributed by atoms with Crippen LogP contribution in [0.4, 0.5) is 0 Å². The highest BCUT2D eigenvalue weighted by Gasteiger charge is 1.99. The Labute approximate surface area is 168 Å². The molecule has 0 aliphatic rings. The van der Waals surface area contributed by atoms with Crippen molar-refractivity contribution in [1.82, 2.24) is 0 Å². The van der Waals surface area contributed by atoms with Crippen LogP contribution in [0.1, 0.15) is 66.2 Å². The van der Waals surface area contributed by atoms with Gasteiger partial charge < -0.3 is 0 Å². The minimum Gasteiger partial charge on any atom is -0.211 e. The minimum atomic E-state index is 0.355. The fourth-order valence-electron chi connectivity index (χ4n) is 1.61. The van der Waals surface area contributed by atoms with Gasteiger partial charge in [-0.1, -0.05) is 40.5 Å². The molecular weight excluding hydrogens is 360 g/mol. The van der Waals surface area contributed by atoms with E-state index in [2.05, 4.69) is 40.7 Å². The molecule has 0 bridgehead atoms. The number of rotatable bonds is 13. The van der Waals surface area contributed by atoms with Crippen LogP contribution in [0.2, 0.25) is 0 Å².